The Bertz CT molecular complexity index is 574. The molecule has 2 unspecified atom stereocenters. The average molecular weight is 368 g/mol. The Kier molecular flexibility index (Phi) is 8.93. The zero-order chi connectivity index (χ0) is 17.5. The molecule has 0 aromatic heterocycles. The van der Waals surface area contributed by atoms with Crippen LogP contribution in [0.25, 0.3) is 0 Å². The van der Waals surface area contributed by atoms with Crippen molar-refractivity contribution in [2.24, 2.45) is 11.8 Å². The van der Waals surface area contributed by atoms with E-state index in [0.717, 1.165) is 37.2 Å². The molecule has 0 radical (unpaired) electrons. The Morgan fingerprint density at radius 1 is 1.24 bits per heavy atom. The first kappa shape index (κ1) is 21.5. The Hall–Kier alpha value is -1.59. The Balaban J connectivity index is 0.00000312. The summed E-state index contributed by atoms with van der Waals surface area (Å²) in [6, 6.07) is 7.53. The van der Waals surface area contributed by atoms with Gasteiger partial charge in [0.25, 0.3) is 0 Å². The van der Waals surface area contributed by atoms with Gasteiger partial charge in [0, 0.05) is 19.0 Å². The highest BCUT2D eigenvalue weighted by atomic mass is 35.5. The fraction of sp³-hybridized carbons (Fsp3) is 0.579. The molecule has 140 valence electrons. The van der Waals surface area contributed by atoms with E-state index in [1.807, 2.05) is 31.2 Å². The van der Waals surface area contributed by atoms with E-state index in [-0.39, 0.29) is 30.3 Å². The van der Waals surface area contributed by atoms with Crippen LogP contribution in [0.15, 0.2) is 24.3 Å². The van der Waals surface area contributed by atoms with Crippen molar-refractivity contribution in [3.63, 3.8) is 0 Å². The summed E-state index contributed by atoms with van der Waals surface area (Å²) >= 11 is 0. The van der Waals surface area contributed by atoms with Gasteiger partial charge < -0.3 is 16.0 Å². The fourth-order valence-corrected chi connectivity index (χ4v) is 3.35. The maximum absolute atomic E-state index is 12.3. The summed E-state index contributed by atoms with van der Waals surface area (Å²) in [5.41, 5.74) is 1.74. The lowest BCUT2D eigenvalue weighted by molar-refractivity contribution is -0.123. The second-order valence-corrected chi connectivity index (χ2v) is 6.86. The van der Waals surface area contributed by atoms with Gasteiger partial charge in [-0.05, 0) is 62.4 Å². The summed E-state index contributed by atoms with van der Waals surface area (Å²) in [5, 5.41) is 9.22. The predicted octanol–water partition coefficient (Wildman–Crippen LogP) is 3.27. The maximum atomic E-state index is 12.3. The summed E-state index contributed by atoms with van der Waals surface area (Å²) in [4.78, 5) is 23.5. The van der Waals surface area contributed by atoms with Gasteiger partial charge in [0.1, 0.15) is 0 Å². The lowest BCUT2D eigenvalue weighted by Gasteiger charge is -2.28. The van der Waals surface area contributed by atoms with E-state index >= 15 is 0 Å². The molecule has 2 atom stereocenters. The number of hydrogen-bond acceptors (Lipinski definition) is 3. The monoisotopic (exact) mass is 367 g/mol. The van der Waals surface area contributed by atoms with Crippen molar-refractivity contribution in [1.29, 1.82) is 0 Å². The fourth-order valence-electron chi connectivity index (χ4n) is 3.35. The highest BCUT2D eigenvalue weighted by Crippen LogP contribution is 2.25. The molecule has 1 aliphatic rings. The zero-order valence-corrected chi connectivity index (χ0v) is 16.1. The maximum Gasteiger partial charge on any atom is 0.221 e. The van der Waals surface area contributed by atoms with Crippen molar-refractivity contribution in [2.75, 3.05) is 18.4 Å². The highest BCUT2D eigenvalue weighted by Gasteiger charge is 2.22. The number of carbonyl (C=O) groups is 2. The molecule has 25 heavy (non-hydrogen) atoms. The van der Waals surface area contributed by atoms with Crippen LogP contribution < -0.4 is 16.0 Å². The van der Waals surface area contributed by atoms with Crippen LogP contribution >= 0.6 is 12.4 Å². The molecule has 1 heterocycles. The Labute approximate surface area is 156 Å². The van der Waals surface area contributed by atoms with Crippen molar-refractivity contribution in [3.8, 4) is 0 Å². The number of rotatable bonds is 6. The van der Waals surface area contributed by atoms with Gasteiger partial charge in [-0.1, -0.05) is 19.1 Å². The third-order valence-corrected chi connectivity index (χ3v) is 4.78. The van der Waals surface area contributed by atoms with Crippen LogP contribution in [-0.4, -0.2) is 24.9 Å². The van der Waals surface area contributed by atoms with Crippen molar-refractivity contribution >= 4 is 29.9 Å². The minimum Gasteiger partial charge on any atom is -0.350 e. The van der Waals surface area contributed by atoms with E-state index < -0.39 is 0 Å². The minimum absolute atomic E-state index is 0. The van der Waals surface area contributed by atoms with Gasteiger partial charge in [0.15, 0.2) is 0 Å². The lowest BCUT2D eigenvalue weighted by Crippen LogP contribution is -2.34. The molecule has 0 saturated carbocycles. The number of piperidine rings is 1. The molecule has 2 rings (SSSR count). The zero-order valence-electron chi connectivity index (χ0n) is 15.3. The standard InChI is InChI=1S/C19H29N3O2.ClH/c1-13(16-7-9-20-10-8-16)11-19(24)21-14(2)17-5-4-6-18(12-17)22-15(3)23;/h4-6,12-14,16,20H,7-11H2,1-3H3,(H,21,24)(H,22,23);1H. The van der Waals surface area contributed by atoms with Gasteiger partial charge in [0.05, 0.1) is 6.04 Å². The number of carbonyl (C=O) groups excluding carboxylic acids is 2. The number of anilines is 1. The summed E-state index contributed by atoms with van der Waals surface area (Å²) in [6.45, 7) is 7.75. The molecular weight excluding hydrogens is 338 g/mol. The quantitative estimate of drug-likeness (QED) is 0.722. The van der Waals surface area contributed by atoms with Gasteiger partial charge in [0.2, 0.25) is 11.8 Å². The van der Waals surface area contributed by atoms with E-state index in [9.17, 15) is 9.59 Å². The molecule has 0 spiro atoms. The summed E-state index contributed by atoms with van der Waals surface area (Å²) in [5.74, 6) is 1.04. The second kappa shape index (κ2) is 10.4. The number of amides is 2. The average Bonchev–Trinajstić information content (AvgIpc) is 2.55. The third kappa shape index (κ3) is 7.04. The van der Waals surface area contributed by atoms with Crippen LogP contribution in [0.3, 0.4) is 0 Å². The Morgan fingerprint density at radius 3 is 2.56 bits per heavy atom. The van der Waals surface area contributed by atoms with E-state index in [2.05, 4.69) is 22.9 Å². The van der Waals surface area contributed by atoms with Crippen LogP contribution in [0, 0.1) is 11.8 Å². The SMILES string of the molecule is CC(=O)Nc1cccc(C(C)NC(=O)CC(C)C2CCNCC2)c1.Cl. The van der Waals surface area contributed by atoms with E-state index in [0.29, 0.717) is 18.3 Å². The van der Waals surface area contributed by atoms with Gasteiger partial charge in [-0.15, -0.1) is 12.4 Å². The van der Waals surface area contributed by atoms with Crippen LogP contribution in [0.5, 0.6) is 0 Å². The predicted molar refractivity (Wildman–Crippen MR) is 104 cm³/mol. The molecule has 0 bridgehead atoms. The minimum atomic E-state index is -0.0976. The first-order valence-corrected chi connectivity index (χ1v) is 8.83. The molecule has 6 heteroatoms. The molecule has 1 fully saturated rings. The molecule has 2 amide bonds. The van der Waals surface area contributed by atoms with Crippen molar-refractivity contribution in [1.82, 2.24) is 10.6 Å². The molecule has 1 aromatic rings. The van der Waals surface area contributed by atoms with Gasteiger partial charge >= 0.3 is 0 Å². The number of halogens is 1. The molecule has 3 N–H and O–H groups in total. The molecule has 0 aliphatic carbocycles. The highest BCUT2D eigenvalue weighted by molar-refractivity contribution is 5.88. The normalized spacial score (nSPS) is 17.1. The largest absolute Gasteiger partial charge is 0.350 e. The number of benzene rings is 1. The Morgan fingerprint density at radius 2 is 1.92 bits per heavy atom. The van der Waals surface area contributed by atoms with Crippen molar-refractivity contribution in [2.45, 2.75) is 46.1 Å². The second-order valence-electron chi connectivity index (χ2n) is 6.86. The van der Waals surface area contributed by atoms with Gasteiger partial charge in [-0.2, -0.15) is 0 Å². The van der Waals surface area contributed by atoms with E-state index in [4.69, 9.17) is 0 Å². The molecule has 1 aromatic carbocycles. The van der Waals surface area contributed by atoms with Crippen LogP contribution in [0.2, 0.25) is 0 Å². The molecular formula is C19H30ClN3O2. The smallest absolute Gasteiger partial charge is 0.221 e. The number of nitrogens with one attached hydrogen (secondary N) is 3. The summed E-state index contributed by atoms with van der Waals surface area (Å²) in [6.07, 6.45) is 2.88. The summed E-state index contributed by atoms with van der Waals surface area (Å²) < 4.78 is 0. The van der Waals surface area contributed by atoms with Crippen LogP contribution in [-0.2, 0) is 9.59 Å². The molecule has 1 saturated heterocycles. The molecule has 1 aliphatic heterocycles. The van der Waals surface area contributed by atoms with Crippen molar-refractivity contribution in [3.05, 3.63) is 29.8 Å². The first-order chi connectivity index (χ1) is 11.5. The van der Waals surface area contributed by atoms with Crippen LogP contribution in [0.4, 0.5) is 5.69 Å². The lowest BCUT2D eigenvalue weighted by atomic mass is 9.84. The summed E-state index contributed by atoms with van der Waals surface area (Å²) in [7, 11) is 0. The topological polar surface area (TPSA) is 70.2 Å². The van der Waals surface area contributed by atoms with Crippen LogP contribution in [0.1, 0.15) is 51.6 Å². The third-order valence-electron chi connectivity index (χ3n) is 4.78. The van der Waals surface area contributed by atoms with Gasteiger partial charge in [-0.25, -0.2) is 0 Å². The first-order valence-electron chi connectivity index (χ1n) is 8.83. The molecule has 5 nitrogen and oxygen atoms in total. The van der Waals surface area contributed by atoms with E-state index in [1.165, 1.54) is 6.92 Å². The van der Waals surface area contributed by atoms with Gasteiger partial charge in [-0.3, -0.25) is 9.59 Å². The number of hydrogen-bond donors (Lipinski definition) is 3. The van der Waals surface area contributed by atoms with E-state index in [1.54, 1.807) is 0 Å². The van der Waals surface area contributed by atoms with Crippen molar-refractivity contribution < 1.29 is 9.59 Å².